The number of hydrogen-bond donors (Lipinski definition) is 5. The predicted molar refractivity (Wildman–Crippen MR) is 166 cm³/mol. The van der Waals surface area contributed by atoms with Gasteiger partial charge in [0, 0.05) is 23.4 Å². The Labute approximate surface area is 254 Å². The Morgan fingerprint density at radius 1 is 0.881 bits per heavy atom. The first-order valence-electron chi connectivity index (χ1n) is 14.4. The van der Waals surface area contributed by atoms with Crippen molar-refractivity contribution in [2.45, 2.75) is 90.3 Å². The van der Waals surface area contributed by atoms with E-state index in [9.17, 15) is 30.0 Å². The monoisotopic (exact) mass is 606 g/mol. The smallest absolute Gasteiger partial charge is 0.331 e. The molecule has 0 amide bonds. The summed E-state index contributed by atoms with van der Waals surface area (Å²) in [4.78, 5) is 23.1. The number of carboxylic acid groups (broad SMARTS) is 1. The zero-order valence-electron chi connectivity index (χ0n) is 24.9. The second-order valence-corrected chi connectivity index (χ2v) is 11.4. The van der Waals surface area contributed by atoms with Crippen LogP contribution in [0, 0.1) is 17.8 Å². The minimum atomic E-state index is -1.50. The number of aliphatic carboxylic acids is 1. The molecule has 7 unspecified atom stereocenters. The molecule has 1 fully saturated rings. The van der Waals surface area contributed by atoms with Gasteiger partial charge in [0.2, 0.25) is 0 Å². The van der Waals surface area contributed by atoms with Crippen LogP contribution in [0.2, 0.25) is 0 Å². The van der Waals surface area contributed by atoms with Crippen LogP contribution in [-0.4, -0.2) is 68.0 Å². The van der Waals surface area contributed by atoms with E-state index >= 15 is 0 Å². The molecule has 234 valence electrons. The summed E-state index contributed by atoms with van der Waals surface area (Å²) >= 11 is 6.30. The maximum Gasteiger partial charge on any atom is 0.331 e. The van der Waals surface area contributed by atoms with Gasteiger partial charge in [-0.1, -0.05) is 98.7 Å². The van der Waals surface area contributed by atoms with Gasteiger partial charge in [-0.2, -0.15) is 0 Å². The van der Waals surface area contributed by atoms with E-state index in [1.54, 1.807) is 55.5 Å². The molecule has 0 aromatic heterocycles. The number of aliphatic hydroxyl groups excluding tert-OH is 4. The van der Waals surface area contributed by atoms with Crippen molar-refractivity contribution in [3.63, 3.8) is 0 Å². The zero-order chi connectivity index (χ0) is 31.7. The van der Waals surface area contributed by atoms with E-state index in [2.05, 4.69) is 0 Å². The molecule has 1 saturated carbocycles. The SMILES string of the molecule is CC(/C=C/C=C/C(=O)OC1CCCC(C(=O)O)C1)=C\C=C\C=C(/Cl)C(C)C(O)C(O)C(O)CC(O)/C=C/C=C/C(C)C. The molecular weight excluding hydrogens is 560 g/mol. The Morgan fingerprint density at radius 2 is 1.52 bits per heavy atom. The van der Waals surface area contributed by atoms with Crippen molar-refractivity contribution in [2.24, 2.45) is 17.8 Å². The van der Waals surface area contributed by atoms with Crippen LogP contribution in [-0.2, 0) is 14.3 Å². The molecule has 0 aromatic rings. The van der Waals surface area contributed by atoms with Crippen molar-refractivity contribution in [3.8, 4) is 0 Å². The van der Waals surface area contributed by atoms with Gasteiger partial charge in [0.25, 0.3) is 0 Å². The first-order valence-corrected chi connectivity index (χ1v) is 14.8. The van der Waals surface area contributed by atoms with Crippen LogP contribution in [0.25, 0.3) is 0 Å². The van der Waals surface area contributed by atoms with Gasteiger partial charge >= 0.3 is 11.9 Å². The summed E-state index contributed by atoms with van der Waals surface area (Å²) < 4.78 is 5.35. The fourth-order valence-corrected chi connectivity index (χ4v) is 4.42. The van der Waals surface area contributed by atoms with Crippen LogP contribution < -0.4 is 0 Å². The lowest BCUT2D eigenvalue weighted by atomic mass is 9.87. The van der Waals surface area contributed by atoms with Crippen LogP contribution in [0.1, 0.15) is 59.8 Å². The Balaban J connectivity index is 2.53. The van der Waals surface area contributed by atoms with E-state index in [4.69, 9.17) is 21.4 Å². The standard InChI is InChI=1S/C33H47ClO8/c1-22(2)12-5-8-16-26(35)21-29(36)32(39)31(38)24(4)28(34)18-9-6-13-23(3)14-7-10-19-30(37)42-27-17-11-15-25(20-27)33(40)41/h5-10,12-14,16,18-19,22,24-27,29,31-32,35-36,38-39H,11,15,17,20-21H2,1-4H3,(H,40,41)/b9-6+,12-5+,14-7+,16-8+,19-10+,23-13+,28-18-. The summed E-state index contributed by atoms with van der Waals surface area (Å²) in [6.45, 7) is 7.54. The largest absolute Gasteiger partial charge is 0.481 e. The van der Waals surface area contributed by atoms with Gasteiger partial charge in [-0.15, -0.1) is 0 Å². The summed E-state index contributed by atoms with van der Waals surface area (Å²) in [7, 11) is 0. The molecule has 0 aromatic carbocycles. The van der Waals surface area contributed by atoms with Crippen molar-refractivity contribution in [1.29, 1.82) is 0 Å². The number of halogens is 1. The molecule has 0 heterocycles. The molecule has 0 bridgehead atoms. The molecule has 5 N–H and O–H groups in total. The van der Waals surface area contributed by atoms with E-state index in [1.165, 1.54) is 12.2 Å². The van der Waals surface area contributed by atoms with Crippen molar-refractivity contribution in [2.75, 3.05) is 0 Å². The number of carboxylic acids is 1. The highest BCUT2D eigenvalue weighted by Gasteiger charge is 2.31. The fourth-order valence-electron chi connectivity index (χ4n) is 4.21. The maximum absolute atomic E-state index is 12.0. The molecular formula is C33H47ClO8. The number of rotatable bonds is 16. The van der Waals surface area contributed by atoms with Crippen LogP contribution in [0.15, 0.2) is 83.5 Å². The zero-order valence-corrected chi connectivity index (χ0v) is 25.7. The molecule has 0 radical (unpaired) electrons. The molecule has 8 nitrogen and oxygen atoms in total. The Kier molecular flexibility index (Phi) is 17.9. The molecule has 1 aliphatic carbocycles. The third-order valence-corrected chi connectivity index (χ3v) is 7.27. The number of ether oxygens (including phenoxy) is 1. The Hall–Kier alpha value is -2.75. The third kappa shape index (κ3) is 15.5. The first-order chi connectivity index (χ1) is 19.8. The highest BCUT2D eigenvalue weighted by molar-refractivity contribution is 6.30. The molecule has 7 atom stereocenters. The lowest BCUT2D eigenvalue weighted by Crippen LogP contribution is -2.42. The van der Waals surface area contributed by atoms with Gasteiger partial charge < -0.3 is 30.3 Å². The summed E-state index contributed by atoms with van der Waals surface area (Å²) in [6, 6.07) is 0. The molecule has 42 heavy (non-hydrogen) atoms. The predicted octanol–water partition coefficient (Wildman–Crippen LogP) is 5.15. The van der Waals surface area contributed by atoms with Crippen molar-refractivity contribution in [1.82, 2.24) is 0 Å². The second-order valence-electron chi connectivity index (χ2n) is 11.0. The third-order valence-electron chi connectivity index (χ3n) is 6.80. The summed E-state index contributed by atoms with van der Waals surface area (Å²) in [5.74, 6) is -2.11. The Bertz CT molecular complexity index is 1050. The Morgan fingerprint density at radius 3 is 2.19 bits per heavy atom. The maximum atomic E-state index is 12.0. The number of esters is 1. The molecule has 1 rings (SSSR count). The highest BCUT2D eigenvalue weighted by atomic mass is 35.5. The van der Waals surface area contributed by atoms with Crippen LogP contribution >= 0.6 is 11.6 Å². The van der Waals surface area contributed by atoms with E-state index in [1.807, 2.05) is 32.9 Å². The minimum absolute atomic E-state index is 0.139. The molecule has 0 spiro atoms. The van der Waals surface area contributed by atoms with Gasteiger partial charge in [0.15, 0.2) is 0 Å². The minimum Gasteiger partial charge on any atom is -0.481 e. The topological polar surface area (TPSA) is 145 Å². The van der Waals surface area contributed by atoms with Gasteiger partial charge in [0.1, 0.15) is 12.2 Å². The number of carbonyl (C=O) groups excluding carboxylic acids is 1. The fraction of sp³-hybridized carbons (Fsp3) is 0.515. The highest BCUT2D eigenvalue weighted by Crippen LogP contribution is 2.27. The van der Waals surface area contributed by atoms with E-state index < -0.39 is 48.2 Å². The van der Waals surface area contributed by atoms with E-state index in [0.717, 1.165) is 12.0 Å². The number of hydrogen-bond acceptors (Lipinski definition) is 7. The quantitative estimate of drug-likeness (QED) is 0.0922. The lowest BCUT2D eigenvalue weighted by molar-refractivity contribution is -0.151. The normalized spacial score (nSPS) is 22.9. The average molecular weight is 607 g/mol. The lowest BCUT2D eigenvalue weighted by Gasteiger charge is -2.27. The van der Waals surface area contributed by atoms with Crippen LogP contribution in [0.5, 0.6) is 0 Å². The molecule has 9 heteroatoms. The van der Waals surface area contributed by atoms with Gasteiger partial charge in [-0.05, 0) is 44.6 Å². The molecule has 1 aliphatic rings. The van der Waals surface area contributed by atoms with E-state index in [-0.39, 0.29) is 17.6 Å². The van der Waals surface area contributed by atoms with Crippen molar-refractivity contribution < 1.29 is 39.9 Å². The van der Waals surface area contributed by atoms with Crippen LogP contribution in [0.3, 0.4) is 0 Å². The summed E-state index contributed by atoms with van der Waals surface area (Å²) in [6.07, 6.45) is 16.7. The number of aliphatic hydroxyl groups is 4. The second kappa shape index (κ2) is 20.2. The average Bonchev–Trinajstić information content (AvgIpc) is 2.94. The molecule has 0 aliphatic heterocycles. The van der Waals surface area contributed by atoms with Crippen molar-refractivity contribution >= 4 is 23.5 Å². The summed E-state index contributed by atoms with van der Waals surface area (Å²) in [5.41, 5.74) is 0.879. The summed E-state index contributed by atoms with van der Waals surface area (Å²) in [5, 5.41) is 50.6. The van der Waals surface area contributed by atoms with E-state index in [0.29, 0.717) is 25.2 Å². The van der Waals surface area contributed by atoms with Gasteiger partial charge in [-0.25, -0.2) is 4.79 Å². The van der Waals surface area contributed by atoms with Gasteiger partial charge in [0.05, 0.1) is 24.2 Å². The van der Waals surface area contributed by atoms with Crippen LogP contribution in [0.4, 0.5) is 0 Å². The number of allylic oxidation sites excluding steroid dienone is 11. The molecule has 0 saturated heterocycles. The van der Waals surface area contributed by atoms with Gasteiger partial charge in [-0.3, -0.25) is 4.79 Å². The van der Waals surface area contributed by atoms with Crippen molar-refractivity contribution in [3.05, 3.63) is 83.5 Å². The number of carbonyl (C=O) groups is 2. The first kappa shape index (κ1) is 37.3.